The Balaban J connectivity index is 1.61. The van der Waals surface area contributed by atoms with Crippen molar-refractivity contribution in [2.75, 3.05) is 6.54 Å². The first kappa shape index (κ1) is 16.1. The Hall–Kier alpha value is -2.72. The molecule has 1 N–H and O–H groups in total. The van der Waals surface area contributed by atoms with Gasteiger partial charge in [-0.15, -0.1) is 11.3 Å². The summed E-state index contributed by atoms with van der Waals surface area (Å²) in [6.45, 7) is 2.86. The Bertz CT molecular complexity index is 807. The molecular weight excluding hydrogens is 324 g/mol. The number of thiazole rings is 1. The van der Waals surface area contributed by atoms with E-state index in [0.717, 1.165) is 5.56 Å². The molecule has 1 aromatic carbocycles. The number of carbonyl (C=O) groups excluding carboxylic acids is 2. The van der Waals surface area contributed by atoms with Crippen LogP contribution in [0.3, 0.4) is 0 Å². The van der Waals surface area contributed by atoms with Crippen molar-refractivity contribution in [1.29, 1.82) is 5.26 Å². The minimum atomic E-state index is -0.489. The van der Waals surface area contributed by atoms with Gasteiger partial charge in [0.1, 0.15) is 10.9 Å². The normalized spacial score (nSPS) is 16.9. The maximum absolute atomic E-state index is 12.5. The van der Waals surface area contributed by atoms with E-state index in [2.05, 4.69) is 16.4 Å². The average Bonchev–Trinajstić information content (AvgIpc) is 3.16. The van der Waals surface area contributed by atoms with Crippen LogP contribution in [0.4, 0.5) is 0 Å². The predicted molar refractivity (Wildman–Crippen MR) is 89.3 cm³/mol. The molecule has 1 saturated heterocycles. The molecule has 1 aliphatic heterocycles. The fourth-order valence-corrected chi connectivity index (χ4v) is 3.38. The number of hydrogen-bond donors (Lipinski definition) is 1. The van der Waals surface area contributed by atoms with Gasteiger partial charge in [0.2, 0.25) is 5.91 Å². The van der Waals surface area contributed by atoms with E-state index in [1.807, 2.05) is 12.1 Å². The zero-order valence-corrected chi connectivity index (χ0v) is 14.0. The number of rotatable bonds is 4. The molecule has 1 aromatic heterocycles. The standard InChI is InChI=1S/C17H16N4O2S/c1-11-15(24-10-19-11)16(22)20-14-6-7-21(17(14)23)9-13-4-2-12(8-18)3-5-13/h2-5,10,14H,6-7,9H2,1H3,(H,20,22). The Morgan fingerprint density at radius 2 is 2.21 bits per heavy atom. The second-order valence-electron chi connectivity index (χ2n) is 5.65. The molecule has 7 heteroatoms. The molecule has 3 rings (SSSR count). The summed E-state index contributed by atoms with van der Waals surface area (Å²) in [4.78, 5) is 31.0. The molecule has 122 valence electrons. The zero-order chi connectivity index (χ0) is 17.1. The van der Waals surface area contributed by atoms with Gasteiger partial charge in [-0.25, -0.2) is 4.98 Å². The van der Waals surface area contributed by atoms with Gasteiger partial charge in [0.15, 0.2) is 0 Å². The summed E-state index contributed by atoms with van der Waals surface area (Å²) in [6.07, 6.45) is 0.596. The van der Waals surface area contributed by atoms with Crippen LogP contribution in [0.15, 0.2) is 29.8 Å². The topological polar surface area (TPSA) is 86.1 Å². The first-order chi connectivity index (χ1) is 11.6. The Labute approximate surface area is 143 Å². The minimum absolute atomic E-state index is 0.0742. The molecule has 1 unspecified atom stereocenters. The monoisotopic (exact) mass is 340 g/mol. The molecule has 2 amide bonds. The van der Waals surface area contributed by atoms with Gasteiger partial charge in [-0.3, -0.25) is 9.59 Å². The number of nitrogens with one attached hydrogen (secondary N) is 1. The van der Waals surface area contributed by atoms with E-state index in [0.29, 0.717) is 35.6 Å². The van der Waals surface area contributed by atoms with Crippen LogP contribution in [-0.2, 0) is 11.3 Å². The van der Waals surface area contributed by atoms with Crippen LogP contribution in [0.25, 0.3) is 0 Å². The van der Waals surface area contributed by atoms with E-state index in [1.54, 1.807) is 29.5 Å². The van der Waals surface area contributed by atoms with Gasteiger partial charge < -0.3 is 10.2 Å². The van der Waals surface area contributed by atoms with Crippen molar-refractivity contribution in [3.8, 4) is 6.07 Å². The molecule has 0 bridgehead atoms. The average molecular weight is 340 g/mol. The van der Waals surface area contributed by atoms with Gasteiger partial charge in [-0.05, 0) is 31.0 Å². The third-order valence-corrected chi connectivity index (χ3v) is 4.94. The van der Waals surface area contributed by atoms with Crippen LogP contribution in [-0.4, -0.2) is 34.3 Å². The summed E-state index contributed by atoms with van der Waals surface area (Å²) < 4.78 is 0. The number of aromatic nitrogens is 1. The second kappa shape index (κ2) is 6.81. The quantitative estimate of drug-likeness (QED) is 0.920. The van der Waals surface area contributed by atoms with Crippen molar-refractivity contribution in [2.45, 2.75) is 25.9 Å². The largest absolute Gasteiger partial charge is 0.339 e. The van der Waals surface area contributed by atoms with Gasteiger partial charge in [-0.2, -0.15) is 5.26 Å². The Morgan fingerprint density at radius 1 is 1.46 bits per heavy atom. The third kappa shape index (κ3) is 3.29. The first-order valence-electron chi connectivity index (χ1n) is 7.57. The lowest BCUT2D eigenvalue weighted by Crippen LogP contribution is -2.41. The smallest absolute Gasteiger partial charge is 0.263 e. The summed E-state index contributed by atoms with van der Waals surface area (Å²) in [6, 6.07) is 8.75. The highest BCUT2D eigenvalue weighted by atomic mass is 32.1. The van der Waals surface area contributed by atoms with Crippen LogP contribution in [0.2, 0.25) is 0 Å². The third-order valence-electron chi connectivity index (χ3n) is 4.01. The van der Waals surface area contributed by atoms with Gasteiger partial charge in [0.05, 0.1) is 22.8 Å². The number of benzene rings is 1. The lowest BCUT2D eigenvalue weighted by Gasteiger charge is -2.17. The van der Waals surface area contributed by atoms with Crippen LogP contribution >= 0.6 is 11.3 Å². The molecule has 0 spiro atoms. The van der Waals surface area contributed by atoms with Crippen LogP contribution in [0, 0.1) is 18.3 Å². The maximum Gasteiger partial charge on any atom is 0.263 e. The zero-order valence-electron chi connectivity index (χ0n) is 13.2. The summed E-state index contributed by atoms with van der Waals surface area (Å²) in [5, 5.41) is 11.6. The highest BCUT2D eigenvalue weighted by Crippen LogP contribution is 2.18. The first-order valence-corrected chi connectivity index (χ1v) is 8.45. The summed E-state index contributed by atoms with van der Waals surface area (Å²) in [7, 11) is 0. The highest BCUT2D eigenvalue weighted by Gasteiger charge is 2.33. The molecule has 0 aliphatic carbocycles. The lowest BCUT2D eigenvalue weighted by molar-refractivity contribution is -0.129. The van der Waals surface area contributed by atoms with E-state index in [1.165, 1.54) is 11.3 Å². The van der Waals surface area contributed by atoms with E-state index in [9.17, 15) is 9.59 Å². The molecule has 1 aliphatic rings. The second-order valence-corrected chi connectivity index (χ2v) is 6.50. The molecule has 2 heterocycles. The maximum atomic E-state index is 12.5. The highest BCUT2D eigenvalue weighted by molar-refractivity contribution is 7.11. The number of nitrogens with zero attached hydrogens (tertiary/aromatic N) is 3. The van der Waals surface area contributed by atoms with Gasteiger partial charge in [0.25, 0.3) is 5.91 Å². The van der Waals surface area contributed by atoms with Gasteiger partial charge in [-0.1, -0.05) is 12.1 Å². The van der Waals surface area contributed by atoms with Gasteiger partial charge >= 0.3 is 0 Å². The molecule has 6 nitrogen and oxygen atoms in total. The number of amides is 2. The number of aryl methyl sites for hydroxylation is 1. The van der Waals surface area contributed by atoms with Crippen molar-refractivity contribution in [3.63, 3.8) is 0 Å². The van der Waals surface area contributed by atoms with Crippen molar-refractivity contribution in [1.82, 2.24) is 15.2 Å². The van der Waals surface area contributed by atoms with Crippen molar-refractivity contribution in [2.24, 2.45) is 0 Å². The van der Waals surface area contributed by atoms with E-state index in [4.69, 9.17) is 5.26 Å². The van der Waals surface area contributed by atoms with E-state index >= 15 is 0 Å². The molecule has 0 radical (unpaired) electrons. The molecule has 24 heavy (non-hydrogen) atoms. The lowest BCUT2D eigenvalue weighted by atomic mass is 10.1. The Morgan fingerprint density at radius 3 is 2.83 bits per heavy atom. The summed E-state index contributed by atoms with van der Waals surface area (Å²) in [5.74, 6) is -0.316. The van der Waals surface area contributed by atoms with Crippen LogP contribution in [0.1, 0.15) is 32.9 Å². The van der Waals surface area contributed by atoms with Crippen molar-refractivity contribution in [3.05, 3.63) is 51.5 Å². The predicted octanol–water partition coefficient (Wildman–Crippen LogP) is 1.85. The molecule has 2 aromatic rings. The number of likely N-dealkylation sites (tertiary alicyclic amines) is 1. The fourth-order valence-electron chi connectivity index (χ4n) is 2.68. The number of hydrogen-bond acceptors (Lipinski definition) is 5. The SMILES string of the molecule is Cc1ncsc1C(=O)NC1CCN(Cc2ccc(C#N)cc2)C1=O. The summed E-state index contributed by atoms with van der Waals surface area (Å²) in [5.41, 5.74) is 3.86. The van der Waals surface area contributed by atoms with Crippen molar-refractivity contribution < 1.29 is 9.59 Å². The molecular formula is C17H16N4O2S. The number of nitriles is 1. The van der Waals surface area contributed by atoms with E-state index in [-0.39, 0.29) is 11.8 Å². The molecule has 1 atom stereocenters. The molecule has 1 fully saturated rings. The van der Waals surface area contributed by atoms with E-state index < -0.39 is 6.04 Å². The fraction of sp³-hybridized carbons (Fsp3) is 0.294. The van der Waals surface area contributed by atoms with Crippen molar-refractivity contribution >= 4 is 23.2 Å². The summed E-state index contributed by atoms with van der Waals surface area (Å²) >= 11 is 1.27. The minimum Gasteiger partial charge on any atom is -0.339 e. The van der Waals surface area contributed by atoms with Gasteiger partial charge in [0, 0.05) is 13.1 Å². The Kier molecular flexibility index (Phi) is 4.58. The number of carbonyl (C=O) groups is 2. The van der Waals surface area contributed by atoms with Crippen LogP contribution in [0.5, 0.6) is 0 Å². The molecule has 0 saturated carbocycles. The van der Waals surface area contributed by atoms with Crippen LogP contribution < -0.4 is 5.32 Å².